The zero-order chi connectivity index (χ0) is 15.6. The average Bonchev–Trinajstić information content (AvgIpc) is 2.39. The Bertz CT molecular complexity index is 715. The van der Waals surface area contributed by atoms with Crippen molar-refractivity contribution < 1.29 is 22.7 Å². The third-order valence-corrected chi connectivity index (χ3v) is 4.36. The van der Waals surface area contributed by atoms with E-state index in [9.17, 15) is 13.2 Å². The number of rotatable bonds is 4. The molecule has 1 aliphatic heterocycles. The predicted octanol–water partition coefficient (Wildman–Crippen LogP) is 1.81. The van der Waals surface area contributed by atoms with E-state index in [-0.39, 0.29) is 40.2 Å². The number of halogens is 1. The van der Waals surface area contributed by atoms with E-state index in [0.717, 1.165) is 0 Å². The molecule has 0 radical (unpaired) electrons. The fourth-order valence-corrected chi connectivity index (χ4v) is 3.43. The summed E-state index contributed by atoms with van der Waals surface area (Å²) in [5.41, 5.74) is 0.144. The fraction of sp³-hybridized carbons (Fsp3) is 0.333. The van der Waals surface area contributed by atoms with Crippen molar-refractivity contribution in [2.45, 2.75) is 18.2 Å². The molecule has 0 saturated heterocycles. The Balaban J connectivity index is 2.46. The Labute approximate surface area is 127 Å². The third kappa shape index (κ3) is 3.11. The number of fused-ring (bicyclic) bond motifs is 1. The van der Waals surface area contributed by atoms with Crippen LogP contribution in [0, 0.1) is 0 Å². The second-order valence-corrected chi connectivity index (χ2v) is 6.02. The van der Waals surface area contributed by atoms with E-state index in [0.29, 0.717) is 0 Å². The van der Waals surface area contributed by atoms with Crippen LogP contribution < -0.4 is 10.1 Å². The summed E-state index contributed by atoms with van der Waals surface area (Å²) in [5, 5.41) is 2.93. The molecular formula is C12H13ClN2O5S. The van der Waals surface area contributed by atoms with E-state index in [1.807, 2.05) is 0 Å². The predicted molar refractivity (Wildman–Crippen MR) is 77.5 cm³/mol. The molecule has 0 amide bonds. The molecule has 114 valence electrons. The monoisotopic (exact) mass is 332 g/mol. The first-order valence-corrected chi connectivity index (χ1v) is 7.83. The van der Waals surface area contributed by atoms with E-state index in [4.69, 9.17) is 21.1 Å². The first-order chi connectivity index (χ1) is 9.89. The number of benzene rings is 1. The quantitative estimate of drug-likeness (QED) is 0.845. The molecule has 0 bridgehead atoms. The number of esters is 1. The molecule has 0 saturated carbocycles. The highest BCUT2D eigenvalue weighted by atomic mass is 35.5. The van der Waals surface area contributed by atoms with E-state index in [1.165, 1.54) is 19.2 Å². The lowest BCUT2D eigenvalue weighted by Crippen LogP contribution is -2.25. The first-order valence-electron chi connectivity index (χ1n) is 6.02. The molecule has 0 aromatic heterocycles. The van der Waals surface area contributed by atoms with Gasteiger partial charge in [0.2, 0.25) is 0 Å². The summed E-state index contributed by atoms with van der Waals surface area (Å²) in [6, 6.07) is 2.93. The SMILES string of the molecule is CCOC(=O)CC1=NS(=O)(=O)c2c(OC)ccc(Cl)c2N1. The highest BCUT2D eigenvalue weighted by Gasteiger charge is 2.31. The standard InChI is InChI=1S/C12H13ClN2O5S/c1-3-20-10(16)6-9-14-11-7(13)4-5-8(19-2)12(11)21(17,18)15-9/h4-5H,3,6H2,1-2H3,(H,14,15). The summed E-state index contributed by atoms with van der Waals surface area (Å²) in [6.07, 6.45) is -0.292. The summed E-state index contributed by atoms with van der Waals surface area (Å²) in [5.74, 6) is -0.502. The van der Waals surface area contributed by atoms with Gasteiger partial charge in [-0.2, -0.15) is 8.42 Å². The highest BCUT2D eigenvalue weighted by Crippen LogP contribution is 2.40. The zero-order valence-electron chi connectivity index (χ0n) is 11.3. The molecule has 1 aromatic rings. The number of amidine groups is 1. The maximum atomic E-state index is 12.2. The molecule has 7 nitrogen and oxygen atoms in total. The van der Waals surface area contributed by atoms with Gasteiger partial charge in [0.15, 0.2) is 4.90 Å². The van der Waals surface area contributed by atoms with Crippen LogP contribution in [0.1, 0.15) is 13.3 Å². The van der Waals surface area contributed by atoms with Crippen molar-refractivity contribution in [3.63, 3.8) is 0 Å². The van der Waals surface area contributed by atoms with Crippen LogP contribution >= 0.6 is 11.6 Å². The molecule has 0 atom stereocenters. The molecular weight excluding hydrogens is 320 g/mol. The van der Waals surface area contributed by atoms with Gasteiger partial charge in [0.25, 0.3) is 10.0 Å². The molecule has 9 heteroatoms. The van der Waals surface area contributed by atoms with Crippen molar-refractivity contribution >= 4 is 39.1 Å². The molecule has 1 N–H and O–H groups in total. The summed E-state index contributed by atoms with van der Waals surface area (Å²) in [4.78, 5) is 11.3. The highest BCUT2D eigenvalue weighted by molar-refractivity contribution is 7.90. The second kappa shape index (κ2) is 5.90. The molecule has 0 fully saturated rings. The normalized spacial score (nSPS) is 15.5. The van der Waals surface area contributed by atoms with E-state index >= 15 is 0 Å². The Kier molecular flexibility index (Phi) is 4.38. The Morgan fingerprint density at radius 3 is 2.76 bits per heavy atom. The Hall–Kier alpha value is -1.80. The van der Waals surface area contributed by atoms with Crippen LogP contribution in [0.5, 0.6) is 5.75 Å². The minimum Gasteiger partial charge on any atom is -0.495 e. The van der Waals surface area contributed by atoms with Gasteiger partial charge >= 0.3 is 5.97 Å². The van der Waals surface area contributed by atoms with Crippen molar-refractivity contribution in [1.29, 1.82) is 0 Å². The van der Waals surface area contributed by atoms with Crippen molar-refractivity contribution in [2.24, 2.45) is 4.40 Å². The number of methoxy groups -OCH3 is 1. The smallest absolute Gasteiger partial charge is 0.313 e. The number of sulfonamides is 1. The van der Waals surface area contributed by atoms with E-state index < -0.39 is 16.0 Å². The van der Waals surface area contributed by atoms with Crippen LogP contribution in [0.3, 0.4) is 0 Å². The van der Waals surface area contributed by atoms with Gasteiger partial charge in [-0.15, -0.1) is 4.40 Å². The van der Waals surface area contributed by atoms with E-state index in [2.05, 4.69) is 9.71 Å². The molecule has 2 rings (SSSR count). The number of carbonyl (C=O) groups is 1. The van der Waals surface area contributed by atoms with Crippen LogP contribution in [-0.2, 0) is 19.6 Å². The van der Waals surface area contributed by atoms with Gasteiger partial charge in [-0.25, -0.2) is 0 Å². The lowest BCUT2D eigenvalue weighted by molar-refractivity contribution is -0.141. The third-order valence-electron chi connectivity index (χ3n) is 2.67. The molecule has 0 spiro atoms. The van der Waals surface area contributed by atoms with Crippen molar-refractivity contribution in [1.82, 2.24) is 0 Å². The molecule has 1 aliphatic rings. The van der Waals surface area contributed by atoms with Gasteiger partial charge in [-0.3, -0.25) is 4.79 Å². The number of hydrogen-bond acceptors (Lipinski definition) is 6. The average molecular weight is 333 g/mol. The van der Waals surface area contributed by atoms with Gasteiger partial charge in [-0.05, 0) is 19.1 Å². The van der Waals surface area contributed by atoms with Gasteiger partial charge in [-0.1, -0.05) is 11.6 Å². The fourth-order valence-electron chi connectivity index (χ4n) is 1.86. The van der Waals surface area contributed by atoms with Crippen molar-refractivity contribution in [2.75, 3.05) is 19.0 Å². The maximum absolute atomic E-state index is 12.2. The number of ether oxygens (including phenoxy) is 2. The van der Waals surface area contributed by atoms with Gasteiger partial charge in [0.1, 0.15) is 18.0 Å². The van der Waals surface area contributed by atoms with Crippen molar-refractivity contribution in [3.8, 4) is 5.75 Å². The van der Waals surface area contributed by atoms with Gasteiger partial charge in [0, 0.05) is 0 Å². The topological polar surface area (TPSA) is 94.1 Å². The van der Waals surface area contributed by atoms with E-state index in [1.54, 1.807) is 6.92 Å². The Morgan fingerprint density at radius 2 is 2.14 bits per heavy atom. The number of nitrogens with zero attached hydrogens (tertiary/aromatic N) is 1. The largest absolute Gasteiger partial charge is 0.495 e. The molecule has 1 aromatic carbocycles. The van der Waals surface area contributed by atoms with Gasteiger partial charge in [0.05, 0.1) is 24.4 Å². The minimum atomic E-state index is -4.01. The van der Waals surface area contributed by atoms with Gasteiger partial charge < -0.3 is 14.8 Å². The lowest BCUT2D eigenvalue weighted by Gasteiger charge is -2.20. The minimum absolute atomic E-state index is 0.0453. The number of anilines is 1. The summed E-state index contributed by atoms with van der Waals surface area (Å²) >= 11 is 6.01. The van der Waals surface area contributed by atoms with Crippen molar-refractivity contribution in [3.05, 3.63) is 17.2 Å². The lowest BCUT2D eigenvalue weighted by atomic mass is 10.2. The summed E-state index contributed by atoms with van der Waals surface area (Å²) in [6.45, 7) is 1.85. The van der Waals surface area contributed by atoms with Crippen LogP contribution in [0.25, 0.3) is 0 Å². The number of hydrogen-bond donors (Lipinski definition) is 1. The zero-order valence-corrected chi connectivity index (χ0v) is 12.9. The molecule has 0 unspecified atom stereocenters. The second-order valence-electron chi connectivity index (χ2n) is 4.07. The van der Waals surface area contributed by atoms with Crippen LogP contribution in [0.4, 0.5) is 5.69 Å². The van der Waals surface area contributed by atoms with Crippen LogP contribution in [0.15, 0.2) is 21.4 Å². The maximum Gasteiger partial charge on any atom is 0.313 e. The first kappa shape index (κ1) is 15.6. The molecule has 21 heavy (non-hydrogen) atoms. The summed E-state index contributed by atoms with van der Waals surface area (Å²) < 4.78 is 37.8. The molecule has 1 heterocycles. The van der Waals surface area contributed by atoms with Crippen LogP contribution in [0.2, 0.25) is 5.02 Å². The Morgan fingerprint density at radius 1 is 1.43 bits per heavy atom. The number of carbonyl (C=O) groups excluding carboxylic acids is 1. The molecule has 0 aliphatic carbocycles. The summed E-state index contributed by atoms with van der Waals surface area (Å²) in [7, 11) is -2.66. The number of nitrogens with one attached hydrogen (secondary N) is 1. The van der Waals surface area contributed by atoms with Crippen LogP contribution in [-0.4, -0.2) is 33.9 Å².